The molecule has 3 heteroatoms. The van der Waals surface area contributed by atoms with Gasteiger partial charge in [-0.25, -0.2) is 0 Å². The van der Waals surface area contributed by atoms with Gasteiger partial charge in [0.2, 0.25) is 0 Å². The highest BCUT2D eigenvalue weighted by molar-refractivity contribution is 7.98. The third-order valence-corrected chi connectivity index (χ3v) is 7.63. The summed E-state index contributed by atoms with van der Waals surface area (Å²) < 4.78 is 0. The first-order chi connectivity index (χ1) is 14.9. The summed E-state index contributed by atoms with van der Waals surface area (Å²) in [4.78, 5) is 0. The highest BCUT2D eigenvalue weighted by Crippen LogP contribution is 2.45. The predicted octanol–water partition coefficient (Wildman–Crippen LogP) is 8.97. The standard InChI is InChI=1S/C30H48O2S/c1-19(2)12-22-13-20(14-23(26(22)31)28(3,4)5)17-33-18-21-15-24(29(6,7)8)27(32)25(16-21)30(9,10)11/h13-15,19,25,31-32H,12,16-18H2,1-11H3. The zero-order chi connectivity index (χ0) is 25.4. The van der Waals surface area contributed by atoms with Crippen molar-refractivity contribution in [1.82, 2.24) is 0 Å². The van der Waals surface area contributed by atoms with Crippen LogP contribution in [0, 0.1) is 22.7 Å². The van der Waals surface area contributed by atoms with Crippen LogP contribution in [0.25, 0.3) is 0 Å². The quantitative estimate of drug-likeness (QED) is 0.434. The number of allylic oxidation sites excluding steroid dienone is 3. The van der Waals surface area contributed by atoms with Crippen LogP contribution in [-0.2, 0) is 17.6 Å². The average molecular weight is 473 g/mol. The molecule has 186 valence electrons. The first-order valence-corrected chi connectivity index (χ1v) is 13.6. The Morgan fingerprint density at radius 2 is 1.52 bits per heavy atom. The average Bonchev–Trinajstić information content (AvgIpc) is 2.62. The van der Waals surface area contributed by atoms with Gasteiger partial charge in [0.05, 0.1) is 5.76 Å². The minimum atomic E-state index is -0.0910. The smallest absolute Gasteiger partial charge is 0.122 e. The normalized spacial score (nSPS) is 18.2. The number of hydrogen-bond acceptors (Lipinski definition) is 3. The van der Waals surface area contributed by atoms with Crippen molar-refractivity contribution in [2.45, 2.75) is 100 Å². The molecule has 0 saturated carbocycles. The molecule has 0 radical (unpaired) electrons. The molecule has 1 aliphatic rings. The Labute approximate surface area is 208 Å². The Bertz CT molecular complexity index is 899. The van der Waals surface area contributed by atoms with E-state index in [1.165, 1.54) is 11.1 Å². The summed E-state index contributed by atoms with van der Waals surface area (Å²) in [5.41, 5.74) is 5.76. The summed E-state index contributed by atoms with van der Waals surface area (Å²) in [6.07, 6.45) is 4.07. The maximum Gasteiger partial charge on any atom is 0.122 e. The maximum absolute atomic E-state index is 11.1. The van der Waals surface area contributed by atoms with Crippen molar-refractivity contribution >= 4 is 11.8 Å². The van der Waals surface area contributed by atoms with Crippen molar-refractivity contribution in [1.29, 1.82) is 0 Å². The summed E-state index contributed by atoms with van der Waals surface area (Å²) in [6, 6.07) is 4.41. The molecule has 0 fully saturated rings. The molecule has 0 heterocycles. The van der Waals surface area contributed by atoms with E-state index in [1.54, 1.807) is 0 Å². The first-order valence-electron chi connectivity index (χ1n) is 12.5. The van der Waals surface area contributed by atoms with Crippen LogP contribution in [-0.4, -0.2) is 16.0 Å². The lowest BCUT2D eigenvalue weighted by molar-refractivity contribution is 0.188. The molecular formula is C30H48O2S. The minimum Gasteiger partial charge on any atom is -0.512 e. The van der Waals surface area contributed by atoms with E-state index in [0.717, 1.165) is 41.0 Å². The lowest BCUT2D eigenvalue weighted by atomic mass is 9.69. The number of rotatable bonds is 6. The Kier molecular flexibility index (Phi) is 8.54. The molecule has 2 nitrogen and oxygen atoms in total. The van der Waals surface area contributed by atoms with Gasteiger partial charge in [-0.2, -0.15) is 11.8 Å². The van der Waals surface area contributed by atoms with Gasteiger partial charge in [-0.05, 0) is 57.3 Å². The molecule has 0 spiro atoms. The van der Waals surface area contributed by atoms with E-state index >= 15 is 0 Å². The van der Waals surface area contributed by atoms with Crippen molar-refractivity contribution < 1.29 is 10.2 Å². The van der Waals surface area contributed by atoms with Crippen LogP contribution in [0.3, 0.4) is 0 Å². The number of thioether (sulfide) groups is 1. The largest absolute Gasteiger partial charge is 0.512 e. The summed E-state index contributed by atoms with van der Waals surface area (Å²) in [5.74, 6) is 3.60. The van der Waals surface area contributed by atoms with Crippen LogP contribution >= 0.6 is 11.8 Å². The van der Waals surface area contributed by atoms with Crippen molar-refractivity contribution in [3.63, 3.8) is 0 Å². The third kappa shape index (κ3) is 7.31. The van der Waals surface area contributed by atoms with Crippen LogP contribution in [0.1, 0.15) is 99.3 Å². The second kappa shape index (κ2) is 10.1. The van der Waals surface area contributed by atoms with E-state index in [-0.39, 0.29) is 22.2 Å². The zero-order valence-corrected chi connectivity index (χ0v) is 23.8. The molecule has 2 N–H and O–H groups in total. The molecule has 0 bridgehead atoms. The molecule has 1 aromatic rings. The number of aliphatic hydroxyl groups excluding tert-OH is 1. The maximum atomic E-state index is 11.1. The number of phenolic OH excluding ortho intramolecular Hbond substituents is 1. The number of aromatic hydroxyl groups is 1. The molecule has 0 amide bonds. The minimum absolute atomic E-state index is 0.0229. The molecule has 33 heavy (non-hydrogen) atoms. The van der Waals surface area contributed by atoms with E-state index < -0.39 is 0 Å². The summed E-state index contributed by atoms with van der Waals surface area (Å²) in [7, 11) is 0. The molecule has 1 aromatic carbocycles. The highest BCUT2D eigenvalue weighted by Gasteiger charge is 2.36. The fraction of sp³-hybridized carbons (Fsp3) is 0.667. The number of aliphatic hydroxyl groups is 1. The van der Waals surface area contributed by atoms with E-state index in [1.807, 2.05) is 11.8 Å². The lowest BCUT2D eigenvalue weighted by Crippen LogP contribution is -2.29. The van der Waals surface area contributed by atoms with Gasteiger partial charge in [0.15, 0.2) is 0 Å². The molecule has 2 rings (SSSR count). The molecule has 1 atom stereocenters. The SMILES string of the molecule is CC(C)Cc1cc(CSCC2=CC(C(C)(C)C)=C(O)C(C(C)(C)C)C2)cc(C(C)(C)C)c1O. The van der Waals surface area contributed by atoms with Gasteiger partial charge in [0, 0.05) is 17.4 Å². The second-order valence-corrected chi connectivity index (χ2v) is 14.5. The Morgan fingerprint density at radius 3 is 2.00 bits per heavy atom. The highest BCUT2D eigenvalue weighted by atomic mass is 32.2. The molecule has 0 saturated heterocycles. The topological polar surface area (TPSA) is 40.5 Å². The Morgan fingerprint density at radius 1 is 0.909 bits per heavy atom. The van der Waals surface area contributed by atoms with Gasteiger partial charge in [-0.1, -0.05) is 99.9 Å². The summed E-state index contributed by atoms with van der Waals surface area (Å²) >= 11 is 1.94. The molecule has 0 aliphatic heterocycles. The fourth-order valence-electron chi connectivity index (χ4n) is 4.61. The van der Waals surface area contributed by atoms with Gasteiger partial charge in [0.25, 0.3) is 0 Å². The Hall–Kier alpha value is -1.35. The monoisotopic (exact) mass is 472 g/mol. The van der Waals surface area contributed by atoms with Crippen molar-refractivity contribution in [3.05, 3.63) is 51.8 Å². The van der Waals surface area contributed by atoms with E-state index in [9.17, 15) is 10.2 Å². The predicted molar refractivity (Wildman–Crippen MR) is 146 cm³/mol. The lowest BCUT2D eigenvalue weighted by Gasteiger charge is -2.37. The molecule has 1 aliphatic carbocycles. The van der Waals surface area contributed by atoms with Gasteiger partial charge in [-0.3, -0.25) is 0 Å². The van der Waals surface area contributed by atoms with Gasteiger partial charge in [0.1, 0.15) is 5.75 Å². The van der Waals surface area contributed by atoms with Crippen LogP contribution in [0.15, 0.2) is 35.1 Å². The fourth-order valence-corrected chi connectivity index (χ4v) is 5.58. The van der Waals surface area contributed by atoms with Gasteiger partial charge in [-0.15, -0.1) is 0 Å². The molecule has 0 aromatic heterocycles. The van der Waals surface area contributed by atoms with E-state index in [2.05, 4.69) is 94.4 Å². The van der Waals surface area contributed by atoms with Crippen LogP contribution < -0.4 is 0 Å². The number of hydrogen-bond donors (Lipinski definition) is 2. The van der Waals surface area contributed by atoms with Crippen molar-refractivity contribution in [3.8, 4) is 5.75 Å². The summed E-state index contributed by atoms with van der Waals surface area (Å²) in [5, 5.41) is 22.0. The van der Waals surface area contributed by atoms with Gasteiger partial charge >= 0.3 is 0 Å². The third-order valence-electron chi connectivity index (χ3n) is 6.52. The van der Waals surface area contributed by atoms with E-state index in [0.29, 0.717) is 17.4 Å². The zero-order valence-electron chi connectivity index (χ0n) is 23.0. The first kappa shape index (κ1) is 27.9. The van der Waals surface area contributed by atoms with E-state index in [4.69, 9.17) is 0 Å². The molecular weight excluding hydrogens is 424 g/mol. The second-order valence-electron chi connectivity index (χ2n) is 13.5. The molecule has 1 unspecified atom stereocenters. The number of phenols is 1. The van der Waals surface area contributed by atoms with Crippen LogP contribution in [0.5, 0.6) is 5.75 Å². The Balaban J connectivity index is 2.27. The van der Waals surface area contributed by atoms with Crippen LogP contribution in [0.2, 0.25) is 0 Å². The van der Waals surface area contributed by atoms with Gasteiger partial charge < -0.3 is 10.2 Å². The van der Waals surface area contributed by atoms with Crippen molar-refractivity contribution in [2.75, 3.05) is 5.75 Å². The number of benzene rings is 1. The van der Waals surface area contributed by atoms with Crippen LogP contribution in [0.4, 0.5) is 0 Å². The van der Waals surface area contributed by atoms with Crippen molar-refractivity contribution in [2.24, 2.45) is 22.7 Å². The summed E-state index contributed by atoms with van der Waals surface area (Å²) in [6.45, 7) is 24.2.